The number of anilines is 1. The first-order valence-electron chi connectivity index (χ1n) is 8.37. The molecular formula is C17H30N4. The van der Waals surface area contributed by atoms with Crippen molar-refractivity contribution in [2.45, 2.75) is 59.9 Å². The van der Waals surface area contributed by atoms with Crippen LogP contribution in [-0.2, 0) is 6.54 Å². The summed E-state index contributed by atoms with van der Waals surface area (Å²) >= 11 is 0. The van der Waals surface area contributed by atoms with Crippen molar-refractivity contribution < 1.29 is 0 Å². The molecule has 2 heterocycles. The van der Waals surface area contributed by atoms with Crippen LogP contribution in [0.15, 0.2) is 0 Å². The molecule has 0 unspecified atom stereocenters. The largest absolute Gasteiger partial charge is 0.341 e. The molecule has 1 aromatic rings. The number of hydrogen-bond acceptors (Lipinski definition) is 4. The lowest BCUT2D eigenvalue weighted by Gasteiger charge is -2.22. The second-order valence-corrected chi connectivity index (χ2v) is 6.60. The maximum atomic E-state index is 4.77. The molecule has 1 aromatic heterocycles. The fourth-order valence-electron chi connectivity index (χ4n) is 2.88. The van der Waals surface area contributed by atoms with Crippen LogP contribution in [0, 0.1) is 19.8 Å². The van der Waals surface area contributed by atoms with Crippen LogP contribution >= 0.6 is 0 Å². The first kappa shape index (κ1) is 16.2. The quantitative estimate of drug-likeness (QED) is 0.904. The lowest BCUT2D eigenvalue weighted by atomic mass is 10.1. The Kier molecular flexibility index (Phi) is 5.97. The Hall–Kier alpha value is -1.16. The third-order valence-electron chi connectivity index (χ3n) is 4.15. The van der Waals surface area contributed by atoms with Crippen molar-refractivity contribution in [1.29, 1.82) is 0 Å². The zero-order chi connectivity index (χ0) is 15.2. The second kappa shape index (κ2) is 7.74. The van der Waals surface area contributed by atoms with Gasteiger partial charge in [-0.3, -0.25) is 0 Å². The van der Waals surface area contributed by atoms with Crippen LogP contribution in [0.3, 0.4) is 0 Å². The summed E-state index contributed by atoms with van der Waals surface area (Å²) in [5, 5.41) is 3.50. The molecule has 0 aliphatic carbocycles. The molecule has 0 aromatic carbocycles. The van der Waals surface area contributed by atoms with E-state index in [1.807, 2.05) is 0 Å². The third kappa shape index (κ3) is 4.67. The van der Waals surface area contributed by atoms with Crippen LogP contribution in [0.2, 0.25) is 0 Å². The molecule has 4 nitrogen and oxygen atoms in total. The highest BCUT2D eigenvalue weighted by Crippen LogP contribution is 2.19. The maximum absolute atomic E-state index is 4.77. The van der Waals surface area contributed by atoms with Crippen molar-refractivity contribution >= 4 is 5.95 Å². The topological polar surface area (TPSA) is 41.1 Å². The van der Waals surface area contributed by atoms with Crippen molar-refractivity contribution in [2.24, 2.45) is 5.92 Å². The first-order valence-corrected chi connectivity index (χ1v) is 8.37. The van der Waals surface area contributed by atoms with Crippen molar-refractivity contribution in [2.75, 3.05) is 24.5 Å². The van der Waals surface area contributed by atoms with Gasteiger partial charge in [-0.25, -0.2) is 9.97 Å². The Balaban J connectivity index is 2.08. The average Bonchev–Trinajstić information content (AvgIpc) is 2.70. The number of rotatable bonds is 5. The van der Waals surface area contributed by atoms with Crippen molar-refractivity contribution in [3.05, 3.63) is 17.0 Å². The molecule has 0 bridgehead atoms. The molecule has 1 saturated heterocycles. The van der Waals surface area contributed by atoms with Gasteiger partial charge in [0.1, 0.15) is 0 Å². The summed E-state index contributed by atoms with van der Waals surface area (Å²) in [5.74, 6) is 1.60. The highest BCUT2D eigenvalue weighted by Gasteiger charge is 2.15. The van der Waals surface area contributed by atoms with E-state index in [2.05, 4.69) is 37.9 Å². The van der Waals surface area contributed by atoms with E-state index in [0.717, 1.165) is 43.5 Å². The summed E-state index contributed by atoms with van der Waals surface area (Å²) in [7, 11) is 0. The minimum atomic E-state index is 0.669. The van der Waals surface area contributed by atoms with E-state index in [4.69, 9.17) is 9.97 Å². The lowest BCUT2D eigenvalue weighted by Crippen LogP contribution is -2.27. The SMILES string of the molecule is Cc1nc(N2CCCCCC2)nc(C)c1CNCC(C)C. The van der Waals surface area contributed by atoms with Crippen LogP contribution in [0.25, 0.3) is 0 Å². The second-order valence-electron chi connectivity index (χ2n) is 6.60. The van der Waals surface area contributed by atoms with Gasteiger partial charge in [-0.05, 0) is 39.2 Å². The molecule has 0 amide bonds. The molecule has 0 radical (unpaired) electrons. The highest BCUT2D eigenvalue weighted by atomic mass is 15.2. The number of aromatic nitrogens is 2. The molecule has 1 aliphatic heterocycles. The molecule has 0 spiro atoms. The zero-order valence-corrected chi connectivity index (χ0v) is 14.1. The highest BCUT2D eigenvalue weighted by molar-refractivity contribution is 5.36. The zero-order valence-electron chi connectivity index (χ0n) is 14.1. The van der Waals surface area contributed by atoms with Gasteiger partial charge >= 0.3 is 0 Å². The van der Waals surface area contributed by atoms with E-state index in [1.165, 1.54) is 31.2 Å². The van der Waals surface area contributed by atoms with Gasteiger partial charge in [0.05, 0.1) is 0 Å². The lowest BCUT2D eigenvalue weighted by molar-refractivity contribution is 0.549. The van der Waals surface area contributed by atoms with Crippen LogP contribution in [0.5, 0.6) is 0 Å². The van der Waals surface area contributed by atoms with Crippen molar-refractivity contribution in [3.63, 3.8) is 0 Å². The molecule has 1 aliphatic rings. The van der Waals surface area contributed by atoms with Crippen LogP contribution in [0.1, 0.15) is 56.5 Å². The minimum absolute atomic E-state index is 0.669. The van der Waals surface area contributed by atoms with Gasteiger partial charge < -0.3 is 10.2 Å². The van der Waals surface area contributed by atoms with Gasteiger partial charge in [-0.15, -0.1) is 0 Å². The molecule has 0 atom stereocenters. The maximum Gasteiger partial charge on any atom is 0.225 e. The Bertz CT molecular complexity index is 425. The van der Waals surface area contributed by atoms with E-state index in [0.29, 0.717) is 5.92 Å². The van der Waals surface area contributed by atoms with Crippen molar-refractivity contribution in [3.8, 4) is 0 Å². The summed E-state index contributed by atoms with van der Waals surface area (Å²) < 4.78 is 0. The minimum Gasteiger partial charge on any atom is -0.341 e. The molecule has 118 valence electrons. The van der Waals surface area contributed by atoms with E-state index < -0.39 is 0 Å². The van der Waals surface area contributed by atoms with E-state index >= 15 is 0 Å². The van der Waals surface area contributed by atoms with E-state index in [1.54, 1.807) is 0 Å². The van der Waals surface area contributed by atoms with Crippen molar-refractivity contribution in [1.82, 2.24) is 15.3 Å². The molecule has 2 rings (SSSR count). The van der Waals surface area contributed by atoms with Gasteiger partial charge in [0.25, 0.3) is 0 Å². The van der Waals surface area contributed by atoms with Crippen LogP contribution < -0.4 is 10.2 Å². The van der Waals surface area contributed by atoms with Gasteiger partial charge in [-0.1, -0.05) is 26.7 Å². The molecule has 1 N–H and O–H groups in total. The standard InChI is InChI=1S/C17H30N4/c1-13(2)11-18-12-16-14(3)19-17(20-15(16)4)21-9-7-5-6-8-10-21/h13,18H,5-12H2,1-4H3. The number of aryl methyl sites for hydroxylation is 2. The molecule has 0 saturated carbocycles. The molecule has 4 heteroatoms. The summed E-state index contributed by atoms with van der Waals surface area (Å²) in [6.45, 7) is 12.8. The fraction of sp³-hybridized carbons (Fsp3) is 0.765. The Morgan fingerprint density at radius 2 is 1.57 bits per heavy atom. The van der Waals surface area contributed by atoms with E-state index in [-0.39, 0.29) is 0 Å². The van der Waals surface area contributed by atoms with Gasteiger partial charge in [0.2, 0.25) is 5.95 Å². The Labute approximate surface area is 129 Å². The van der Waals surface area contributed by atoms with E-state index in [9.17, 15) is 0 Å². The smallest absolute Gasteiger partial charge is 0.225 e. The predicted molar refractivity (Wildman–Crippen MR) is 88.7 cm³/mol. The van der Waals surface area contributed by atoms with Gasteiger partial charge in [-0.2, -0.15) is 0 Å². The molecular weight excluding hydrogens is 260 g/mol. The summed E-state index contributed by atoms with van der Waals surface area (Å²) in [4.78, 5) is 11.9. The summed E-state index contributed by atoms with van der Waals surface area (Å²) in [6, 6.07) is 0. The summed E-state index contributed by atoms with van der Waals surface area (Å²) in [5.41, 5.74) is 3.50. The fourth-order valence-corrected chi connectivity index (χ4v) is 2.88. The Morgan fingerprint density at radius 1 is 1.00 bits per heavy atom. The van der Waals surface area contributed by atoms with Gasteiger partial charge in [0, 0.05) is 36.6 Å². The number of nitrogens with one attached hydrogen (secondary N) is 1. The van der Waals surface area contributed by atoms with Gasteiger partial charge in [0.15, 0.2) is 0 Å². The normalized spacial score (nSPS) is 16.3. The molecule has 1 fully saturated rings. The monoisotopic (exact) mass is 290 g/mol. The molecule has 21 heavy (non-hydrogen) atoms. The van der Waals surface area contributed by atoms with Crippen LogP contribution in [0.4, 0.5) is 5.95 Å². The number of nitrogens with zero attached hydrogens (tertiary/aromatic N) is 3. The summed E-state index contributed by atoms with van der Waals surface area (Å²) in [6.07, 6.45) is 5.20. The number of hydrogen-bond donors (Lipinski definition) is 1. The average molecular weight is 290 g/mol. The van der Waals surface area contributed by atoms with Crippen LogP contribution in [-0.4, -0.2) is 29.6 Å². The third-order valence-corrected chi connectivity index (χ3v) is 4.15. The predicted octanol–water partition coefficient (Wildman–Crippen LogP) is 3.22. The Morgan fingerprint density at radius 3 is 2.10 bits per heavy atom. The first-order chi connectivity index (χ1) is 10.1.